The van der Waals surface area contributed by atoms with Crippen molar-refractivity contribution in [3.05, 3.63) is 64.4 Å². The molecule has 1 aromatic heterocycles. The number of aromatic amines is 1. The minimum atomic E-state index is -3.99. The number of hydrogen-bond donors (Lipinski definition) is 3. The fourth-order valence-electron chi connectivity index (χ4n) is 3.10. The molecule has 0 fully saturated rings. The molecule has 0 aliphatic carbocycles. The number of nitrogens with zero attached hydrogens (tertiary/aromatic N) is 1. The Morgan fingerprint density at radius 3 is 2.07 bits per heavy atom. The van der Waals surface area contributed by atoms with Gasteiger partial charge in [0.25, 0.3) is 0 Å². The summed E-state index contributed by atoms with van der Waals surface area (Å²) in [5.74, 6) is -0.228. The van der Waals surface area contributed by atoms with Crippen molar-refractivity contribution in [3.8, 4) is 22.3 Å². The van der Waals surface area contributed by atoms with E-state index < -0.39 is 15.8 Å². The molecule has 0 saturated carbocycles. The molecule has 0 unspecified atom stereocenters. The summed E-state index contributed by atoms with van der Waals surface area (Å²) in [6, 6.07) is 13.0. The summed E-state index contributed by atoms with van der Waals surface area (Å²) in [4.78, 5) is -0.251. The lowest BCUT2D eigenvalue weighted by atomic mass is 9.99. The van der Waals surface area contributed by atoms with Crippen LogP contribution in [0.15, 0.2) is 53.4 Å². The number of aromatic nitrogens is 2. The predicted octanol–water partition coefficient (Wildman–Crippen LogP) is 4.99. The second-order valence-electron chi connectivity index (χ2n) is 6.32. The Hall–Kier alpha value is -2.36. The zero-order valence-electron chi connectivity index (χ0n) is 15.0. The van der Waals surface area contributed by atoms with Gasteiger partial charge in [-0.3, -0.25) is 5.10 Å². The van der Waals surface area contributed by atoms with Crippen LogP contribution >= 0.6 is 35.6 Å². The van der Waals surface area contributed by atoms with Crippen LogP contribution in [0.4, 0.5) is 10.2 Å². The monoisotopic (exact) mass is 486 g/mol. The van der Waals surface area contributed by atoms with E-state index in [1.165, 1.54) is 12.1 Å². The third-order valence-corrected chi connectivity index (χ3v) is 6.51. The lowest BCUT2D eigenvalue weighted by Gasteiger charge is -2.11. The number of benzene rings is 3. The number of fused-ring (bicyclic) bond motifs is 1. The average Bonchev–Trinajstić information content (AvgIpc) is 3.05. The van der Waals surface area contributed by atoms with Crippen LogP contribution < -0.4 is 10.9 Å². The number of nitrogen functional groups attached to an aromatic ring is 1. The van der Waals surface area contributed by atoms with E-state index in [1.54, 1.807) is 36.4 Å². The first-order chi connectivity index (χ1) is 13.7. The van der Waals surface area contributed by atoms with Gasteiger partial charge >= 0.3 is 0 Å². The molecule has 0 spiro atoms. The minimum Gasteiger partial charge on any atom is -0.382 e. The molecule has 0 amide bonds. The number of anilines is 1. The van der Waals surface area contributed by atoms with Crippen LogP contribution in [0.1, 0.15) is 0 Å². The quantitative estimate of drug-likeness (QED) is 0.377. The van der Waals surface area contributed by atoms with E-state index in [0.29, 0.717) is 27.6 Å². The molecule has 0 aliphatic rings. The number of H-pyrrole nitrogens is 1. The van der Waals surface area contributed by atoms with Crippen LogP contribution in [0.25, 0.3) is 33.2 Å². The number of halogens is 4. The van der Waals surface area contributed by atoms with E-state index in [2.05, 4.69) is 10.2 Å². The summed E-state index contributed by atoms with van der Waals surface area (Å²) in [6.07, 6.45) is 0. The summed E-state index contributed by atoms with van der Waals surface area (Å²) in [6.45, 7) is 0. The zero-order chi connectivity index (χ0) is 20.9. The molecule has 0 saturated heterocycles. The van der Waals surface area contributed by atoms with E-state index in [9.17, 15) is 12.8 Å². The molecule has 156 valence electrons. The SMILES string of the molecule is Cl.Nc1n[nH]c2c(F)c(-c3ccc(-c4ccc(S(N)(=O)=O)c(Cl)c4Cl)cc3)ccc12. The van der Waals surface area contributed by atoms with Crippen LogP contribution in [0.2, 0.25) is 10.0 Å². The Balaban J connectivity index is 0.00000256. The van der Waals surface area contributed by atoms with Gasteiger partial charge in [-0.25, -0.2) is 17.9 Å². The van der Waals surface area contributed by atoms with Gasteiger partial charge in [0.2, 0.25) is 10.0 Å². The summed E-state index contributed by atoms with van der Waals surface area (Å²) in [5, 5.41) is 12.0. The van der Waals surface area contributed by atoms with E-state index in [1.807, 2.05) is 0 Å². The van der Waals surface area contributed by atoms with Crippen LogP contribution in [0, 0.1) is 5.82 Å². The second kappa shape index (κ2) is 8.05. The number of primary sulfonamides is 1. The van der Waals surface area contributed by atoms with Crippen LogP contribution in [0.5, 0.6) is 0 Å². The third-order valence-electron chi connectivity index (χ3n) is 4.57. The largest absolute Gasteiger partial charge is 0.382 e. The molecular formula is C19H14Cl3FN4O2S. The zero-order valence-corrected chi connectivity index (χ0v) is 18.1. The number of sulfonamides is 1. The van der Waals surface area contributed by atoms with Gasteiger partial charge in [-0.05, 0) is 23.3 Å². The number of nitrogens with two attached hydrogens (primary N) is 2. The van der Waals surface area contributed by atoms with Crippen molar-refractivity contribution < 1.29 is 12.8 Å². The highest BCUT2D eigenvalue weighted by atomic mass is 35.5. The Morgan fingerprint density at radius 1 is 0.900 bits per heavy atom. The van der Waals surface area contributed by atoms with E-state index in [4.69, 9.17) is 34.1 Å². The van der Waals surface area contributed by atoms with Gasteiger partial charge in [0, 0.05) is 16.5 Å². The summed E-state index contributed by atoms with van der Waals surface area (Å²) < 4.78 is 38.0. The van der Waals surface area contributed by atoms with Gasteiger partial charge in [-0.1, -0.05) is 59.6 Å². The highest BCUT2D eigenvalue weighted by molar-refractivity contribution is 7.89. The topological polar surface area (TPSA) is 115 Å². The fraction of sp³-hybridized carbons (Fsp3) is 0. The summed E-state index contributed by atoms with van der Waals surface area (Å²) in [5.41, 5.74) is 8.14. The van der Waals surface area contributed by atoms with Gasteiger partial charge in [0.1, 0.15) is 10.4 Å². The van der Waals surface area contributed by atoms with Gasteiger partial charge in [-0.15, -0.1) is 12.4 Å². The normalized spacial score (nSPS) is 11.5. The molecule has 1 heterocycles. The Morgan fingerprint density at radius 2 is 1.47 bits per heavy atom. The molecule has 0 bridgehead atoms. The van der Waals surface area contributed by atoms with Crippen LogP contribution in [-0.4, -0.2) is 18.6 Å². The lowest BCUT2D eigenvalue weighted by molar-refractivity contribution is 0.598. The molecule has 30 heavy (non-hydrogen) atoms. The van der Waals surface area contributed by atoms with E-state index >= 15 is 0 Å². The molecule has 0 aliphatic heterocycles. The highest BCUT2D eigenvalue weighted by Crippen LogP contribution is 2.38. The molecule has 3 aromatic carbocycles. The van der Waals surface area contributed by atoms with Gasteiger partial charge in [0.05, 0.1) is 10.0 Å². The van der Waals surface area contributed by atoms with Crippen molar-refractivity contribution in [2.75, 3.05) is 5.73 Å². The number of hydrogen-bond acceptors (Lipinski definition) is 4. The molecule has 6 nitrogen and oxygen atoms in total. The van der Waals surface area contributed by atoms with Crippen LogP contribution in [-0.2, 0) is 10.0 Å². The fourth-order valence-corrected chi connectivity index (χ4v) is 4.53. The average molecular weight is 488 g/mol. The second-order valence-corrected chi connectivity index (χ2v) is 8.61. The van der Waals surface area contributed by atoms with Crippen LogP contribution in [0.3, 0.4) is 0 Å². The molecule has 4 rings (SSSR count). The van der Waals surface area contributed by atoms with Crippen molar-refractivity contribution in [2.24, 2.45) is 5.14 Å². The third kappa shape index (κ3) is 3.73. The first-order valence-corrected chi connectivity index (χ1v) is 10.5. The van der Waals surface area contributed by atoms with Crippen molar-refractivity contribution in [1.29, 1.82) is 0 Å². The first kappa shape index (κ1) is 22.3. The number of rotatable bonds is 3. The molecule has 4 aromatic rings. The molecular weight excluding hydrogens is 474 g/mol. The van der Waals surface area contributed by atoms with Gasteiger partial charge < -0.3 is 5.73 Å². The minimum absolute atomic E-state index is 0. The standard InChI is InChI=1S/C19H13Cl2FN4O2S.ClH/c20-15-11(7-8-14(16(15)21)29(24,27)28)9-1-3-10(4-2-9)12-5-6-13-18(17(12)22)25-26-19(13)23;/h1-8H,(H3,23,25,26)(H2,24,27,28);1H. The van der Waals surface area contributed by atoms with Crippen molar-refractivity contribution in [1.82, 2.24) is 10.2 Å². The van der Waals surface area contributed by atoms with Gasteiger partial charge in [0.15, 0.2) is 11.6 Å². The summed E-state index contributed by atoms with van der Waals surface area (Å²) in [7, 11) is -3.99. The summed E-state index contributed by atoms with van der Waals surface area (Å²) >= 11 is 12.3. The Bertz CT molecular complexity index is 1370. The van der Waals surface area contributed by atoms with Gasteiger partial charge in [-0.2, -0.15) is 5.10 Å². The lowest BCUT2D eigenvalue weighted by Crippen LogP contribution is -2.12. The smallest absolute Gasteiger partial charge is 0.239 e. The van der Waals surface area contributed by atoms with Crippen molar-refractivity contribution in [3.63, 3.8) is 0 Å². The maximum absolute atomic E-state index is 14.8. The highest BCUT2D eigenvalue weighted by Gasteiger charge is 2.19. The maximum Gasteiger partial charge on any atom is 0.239 e. The first-order valence-electron chi connectivity index (χ1n) is 8.22. The molecule has 5 N–H and O–H groups in total. The Labute approximate surface area is 187 Å². The molecule has 0 radical (unpaired) electrons. The van der Waals surface area contributed by atoms with Crippen molar-refractivity contribution in [2.45, 2.75) is 4.90 Å². The number of nitrogens with one attached hydrogen (secondary N) is 1. The van der Waals surface area contributed by atoms with Crippen molar-refractivity contribution >= 4 is 62.4 Å². The predicted molar refractivity (Wildman–Crippen MR) is 120 cm³/mol. The Kier molecular flexibility index (Phi) is 5.99. The molecule has 11 heteroatoms. The molecule has 0 atom stereocenters. The van der Waals surface area contributed by atoms with E-state index in [-0.39, 0.29) is 38.7 Å². The maximum atomic E-state index is 14.8. The van der Waals surface area contributed by atoms with E-state index in [0.717, 1.165) is 0 Å².